The van der Waals surface area contributed by atoms with Crippen molar-refractivity contribution in [3.8, 4) is 0 Å². The molecule has 2 heterocycles. The molecule has 0 bridgehead atoms. The van der Waals surface area contributed by atoms with Gasteiger partial charge in [0.15, 0.2) is 0 Å². The summed E-state index contributed by atoms with van der Waals surface area (Å²) >= 11 is 0. The van der Waals surface area contributed by atoms with Crippen LogP contribution in [-0.2, 0) is 16.6 Å². The predicted molar refractivity (Wildman–Crippen MR) is 110 cm³/mol. The second-order valence-corrected chi connectivity index (χ2v) is 8.89. The van der Waals surface area contributed by atoms with Crippen LogP contribution in [0.2, 0.25) is 0 Å². The fourth-order valence-electron chi connectivity index (χ4n) is 5.33. The first-order chi connectivity index (χ1) is 13.5. The number of carbonyl (C=O) groups excluding carboxylic acids is 2. The van der Waals surface area contributed by atoms with Crippen molar-refractivity contribution in [1.82, 2.24) is 4.90 Å². The minimum Gasteiger partial charge on any atom is -0.335 e. The maximum atomic E-state index is 13.5. The molecule has 28 heavy (non-hydrogen) atoms. The second kappa shape index (κ2) is 6.20. The van der Waals surface area contributed by atoms with Gasteiger partial charge in [0, 0.05) is 29.8 Å². The molecule has 144 valence electrons. The summed E-state index contributed by atoms with van der Waals surface area (Å²) in [4.78, 5) is 27.8. The molecule has 2 aromatic rings. The quantitative estimate of drug-likeness (QED) is 0.811. The first-order valence-corrected chi connectivity index (χ1v) is 10.3. The summed E-state index contributed by atoms with van der Waals surface area (Å²) < 4.78 is 0. The van der Waals surface area contributed by atoms with Crippen molar-refractivity contribution in [2.24, 2.45) is 0 Å². The third-order valence-corrected chi connectivity index (χ3v) is 6.96. The number of aryl methyl sites for hydroxylation is 1. The zero-order valence-corrected chi connectivity index (χ0v) is 16.5. The Morgan fingerprint density at radius 1 is 1.14 bits per heavy atom. The molecule has 1 aliphatic carbocycles. The summed E-state index contributed by atoms with van der Waals surface area (Å²) in [5.74, 6) is 0.540. The topological polar surface area (TPSA) is 49.4 Å². The van der Waals surface area contributed by atoms with Crippen LogP contribution in [0.3, 0.4) is 0 Å². The van der Waals surface area contributed by atoms with Gasteiger partial charge in [-0.2, -0.15) is 0 Å². The monoisotopic (exact) mass is 374 g/mol. The van der Waals surface area contributed by atoms with Crippen molar-refractivity contribution in [3.05, 3.63) is 64.7 Å². The molecule has 0 spiro atoms. The Morgan fingerprint density at radius 2 is 1.96 bits per heavy atom. The summed E-state index contributed by atoms with van der Waals surface area (Å²) in [5, 5.41) is 2.93. The molecule has 4 nitrogen and oxygen atoms in total. The minimum absolute atomic E-state index is 0.00553. The highest BCUT2D eigenvalue weighted by Gasteiger charge is 2.41. The van der Waals surface area contributed by atoms with E-state index in [0.717, 1.165) is 43.5 Å². The van der Waals surface area contributed by atoms with Crippen LogP contribution in [0.15, 0.2) is 42.5 Å². The maximum Gasteiger partial charge on any atom is 0.254 e. The zero-order chi connectivity index (χ0) is 19.5. The molecule has 2 aromatic carbocycles. The normalized spacial score (nSPS) is 24.8. The molecule has 5 rings (SSSR count). The fourth-order valence-corrected chi connectivity index (χ4v) is 5.33. The molecule has 2 amide bonds. The minimum atomic E-state index is -0.597. The van der Waals surface area contributed by atoms with E-state index in [1.807, 2.05) is 32.0 Å². The van der Waals surface area contributed by atoms with Crippen LogP contribution in [0.25, 0.3) is 0 Å². The van der Waals surface area contributed by atoms with E-state index in [4.69, 9.17) is 0 Å². The summed E-state index contributed by atoms with van der Waals surface area (Å²) in [7, 11) is 0. The molecule has 0 aromatic heterocycles. The van der Waals surface area contributed by atoms with Gasteiger partial charge in [0.2, 0.25) is 5.91 Å². The molecule has 3 aliphatic rings. The number of hydrogen-bond donors (Lipinski definition) is 1. The largest absolute Gasteiger partial charge is 0.335 e. The highest BCUT2D eigenvalue weighted by Crippen LogP contribution is 2.42. The van der Waals surface area contributed by atoms with Crippen molar-refractivity contribution in [2.75, 3.05) is 11.9 Å². The lowest BCUT2D eigenvalue weighted by Gasteiger charge is -2.45. The lowest BCUT2D eigenvalue weighted by Crippen LogP contribution is -2.49. The predicted octanol–water partition coefficient (Wildman–Crippen LogP) is 4.25. The summed E-state index contributed by atoms with van der Waals surface area (Å²) in [6.07, 6.45) is 4.26. The lowest BCUT2D eigenvalue weighted by atomic mass is 9.74. The van der Waals surface area contributed by atoms with Crippen molar-refractivity contribution in [3.63, 3.8) is 0 Å². The molecule has 2 aliphatic heterocycles. The molecule has 0 unspecified atom stereocenters. The van der Waals surface area contributed by atoms with Crippen LogP contribution in [0, 0.1) is 0 Å². The molecular weight excluding hydrogens is 348 g/mol. The molecule has 1 N–H and O–H groups in total. The van der Waals surface area contributed by atoms with Gasteiger partial charge in [0.1, 0.15) is 0 Å². The average Bonchev–Trinajstić information content (AvgIpc) is 2.95. The van der Waals surface area contributed by atoms with Crippen LogP contribution in [0.4, 0.5) is 5.69 Å². The van der Waals surface area contributed by atoms with Crippen molar-refractivity contribution >= 4 is 17.5 Å². The Labute approximate surface area is 165 Å². The van der Waals surface area contributed by atoms with Crippen LogP contribution >= 0.6 is 0 Å². The maximum absolute atomic E-state index is 13.5. The van der Waals surface area contributed by atoms with E-state index in [1.54, 1.807) is 0 Å². The number of fused-ring (bicyclic) bond motifs is 4. The molecule has 1 saturated heterocycles. The van der Waals surface area contributed by atoms with E-state index in [0.29, 0.717) is 11.5 Å². The van der Waals surface area contributed by atoms with Crippen LogP contribution in [0.1, 0.15) is 66.1 Å². The number of rotatable bonds is 1. The number of nitrogens with one attached hydrogen (secondary N) is 1. The summed E-state index contributed by atoms with van der Waals surface area (Å²) in [6, 6.07) is 14.7. The van der Waals surface area contributed by atoms with Gasteiger partial charge in [-0.05, 0) is 74.4 Å². The number of carbonyl (C=O) groups is 2. The highest BCUT2D eigenvalue weighted by atomic mass is 16.2. The van der Waals surface area contributed by atoms with Gasteiger partial charge in [-0.15, -0.1) is 0 Å². The van der Waals surface area contributed by atoms with E-state index in [-0.39, 0.29) is 17.9 Å². The molecule has 4 heteroatoms. The van der Waals surface area contributed by atoms with Crippen molar-refractivity contribution < 1.29 is 9.59 Å². The molecular formula is C24H26N2O2. The first kappa shape index (κ1) is 17.5. The molecule has 1 fully saturated rings. The number of nitrogens with zero attached hydrogens (tertiary/aromatic N) is 1. The van der Waals surface area contributed by atoms with E-state index < -0.39 is 5.41 Å². The van der Waals surface area contributed by atoms with Gasteiger partial charge in [-0.3, -0.25) is 9.59 Å². The molecule has 0 saturated carbocycles. The highest BCUT2D eigenvalue weighted by molar-refractivity contribution is 6.07. The third kappa shape index (κ3) is 2.50. The van der Waals surface area contributed by atoms with E-state index in [1.165, 1.54) is 11.1 Å². The SMILES string of the molecule is CC1(C)C(=O)Nc2ccc(C(=O)N3CCC[C@@H]4c5ccccc5CC[C@@H]43)cc21. The first-order valence-electron chi connectivity index (χ1n) is 10.3. The van der Waals surface area contributed by atoms with E-state index in [2.05, 4.69) is 34.5 Å². The van der Waals surface area contributed by atoms with Gasteiger partial charge >= 0.3 is 0 Å². The Morgan fingerprint density at radius 3 is 2.82 bits per heavy atom. The average molecular weight is 374 g/mol. The van der Waals surface area contributed by atoms with Gasteiger partial charge in [-0.25, -0.2) is 0 Å². The molecule has 0 radical (unpaired) electrons. The smallest absolute Gasteiger partial charge is 0.254 e. The van der Waals surface area contributed by atoms with E-state index in [9.17, 15) is 9.59 Å². The molecule has 2 atom stereocenters. The fraction of sp³-hybridized carbons (Fsp3) is 0.417. The van der Waals surface area contributed by atoms with Gasteiger partial charge in [0.25, 0.3) is 5.91 Å². The number of likely N-dealkylation sites (tertiary alicyclic amines) is 1. The second-order valence-electron chi connectivity index (χ2n) is 8.89. The van der Waals surface area contributed by atoms with Gasteiger partial charge in [-0.1, -0.05) is 24.3 Å². The van der Waals surface area contributed by atoms with Crippen LogP contribution in [0.5, 0.6) is 0 Å². The van der Waals surface area contributed by atoms with Crippen LogP contribution in [-0.4, -0.2) is 29.3 Å². The van der Waals surface area contributed by atoms with Gasteiger partial charge < -0.3 is 10.2 Å². The Balaban J connectivity index is 1.47. The van der Waals surface area contributed by atoms with Crippen molar-refractivity contribution in [2.45, 2.75) is 56.9 Å². The summed E-state index contributed by atoms with van der Waals surface area (Å²) in [5.41, 5.74) is 4.73. The lowest BCUT2D eigenvalue weighted by molar-refractivity contribution is -0.119. The van der Waals surface area contributed by atoms with Gasteiger partial charge in [0.05, 0.1) is 5.41 Å². The Bertz CT molecular complexity index is 978. The third-order valence-electron chi connectivity index (χ3n) is 6.96. The Hall–Kier alpha value is -2.62. The van der Waals surface area contributed by atoms with Crippen molar-refractivity contribution in [1.29, 1.82) is 0 Å². The van der Waals surface area contributed by atoms with Crippen LogP contribution < -0.4 is 5.32 Å². The Kier molecular flexibility index (Phi) is 3.87. The number of amides is 2. The number of benzene rings is 2. The standard InChI is InChI=1S/C24H26N2O2/c1-24(2)19-14-16(9-11-20(19)25-23(24)28)22(27)26-13-5-8-18-17-7-4-3-6-15(17)10-12-21(18)26/h3-4,6-7,9,11,14,18,21H,5,8,10,12-13H2,1-2H3,(H,25,28)/t18-,21+/m1/s1. The number of hydrogen-bond acceptors (Lipinski definition) is 2. The summed E-state index contributed by atoms with van der Waals surface area (Å²) in [6.45, 7) is 4.65. The number of piperidine rings is 1. The zero-order valence-electron chi connectivity index (χ0n) is 16.5. The number of anilines is 1. The van der Waals surface area contributed by atoms with E-state index >= 15 is 0 Å².